The molecule has 0 aromatic heterocycles. The van der Waals surface area contributed by atoms with Crippen molar-refractivity contribution in [1.29, 1.82) is 0 Å². The normalized spacial score (nSPS) is 21.5. The molecule has 0 unspecified atom stereocenters. The molecule has 2 saturated heterocycles. The van der Waals surface area contributed by atoms with Crippen molar-refractivity contribution in [2.75, 3.05) is 50.7 Å². The maximum absolute atomic E-state index is 13.8. The van der Waals surface area contributed by atoms with Gasteiger partial charge in [0.05, 0.1) is 43.4 Å². The summed E-state index contributed by atoms with van der Waals surface area (Å²) in [5.41, 5.74) is -0.0326. The van der Waals surface area contributed by atoms with Gasteiger partial charge in [-0.2, -0.15) is 4.31 Å². The first-order valence-electron chi connectivity index (χ1n) is 14.9. The van der Waals surface area contributed by atoms with Gasteiger partial charge in [0, 0.05) is 26.1 Å². The zero-order chi connectivity index (χ0) is 31.6. The van der Waals surface area contributed by atoms with Crippen molar-refractivity contribution in [2.45, 2.75) is 56.1 Å². The molecule has 0 radical (unpaired) electrons. The van der Waals surface area contributed by atoms with Gasteiger partial charge in [-0.1, -0.05) is 44.2 Å². The van der Waals surface area contributed by atoms with Crippen LogP contribution in [0.1, 0.15) is 25.8 Å². The Balaban J connectivity index is 1.42. The summed E-state index contributed by atoms with van der Waals surface area (Å²) in [4.78, 5) is 27.7. The van der Waals surface area contributed by atoms with Crippen molar-refractivity contribution in [3.05, 3.63) is 80.6 Å². The number of aliphatic hydroxyl groups is 1. The maximum atomic E-state index is 13.8. The Morgan fingerprint density at radius 2 is 1.73 bits per heavy atom. The molecule has 3 aromatic rings. The topological polar surface area (TPSA) is 135 Å². The number of ether oxygens (including phenoxy) is 3. The van der Waals surface area contributed by atoms with E-state index in [0.717, 1.165) is 12.0 Å². The lowest BCUT2D eigenvalue weighted by Crippen LogP contribution is -2.51. The monoisotopic (exact) mass is 627 g/mol. The number of methoxy groups -OCH3 is 1. The number of sulfonamides is 1. The number of hydrogen-bond acceptors (Lipinski definition) is 10. The Morgan fingerprint density at radius 3 is 2.39 bits per heavy atom. The van der Waals surface area contributed by atoms with Gasteiger partial charge in [-0.3, -0.25) is 9.59 Å². The summed E-state index contributed by atoms with van der Waals surface area (Å²) >= 11 is 0. The smallest absolute Gasteiger partial charge is 0.253 e. The van der Waals surface area contributed by atoms with Gasteiger partial charge in [0.15, 0.2) is 6.29 Å². The molecular formula is C32H41N3O8S. The Bertz CT molecular complexity index is 1590. The Labute approximate surface area is 258 Å². The van der Waals surface area contributed by atoms with Gasteiger partial charge in [-0.25, -0.2) is 8.42 Å². The summed E-state index contributed by atoms with van der Waals surface area (Å²) in [7, 11) is -0.709. The first-order chi connectivity index (χ1) is 21.0. The van der Waals surface area contributed by atoms with Gasteiger partial charge in [0.2, 0.25) is 10.0 Å². The van der Waals surface area contributed by atoms with Crippen LogP contribution in [0.3, 0.4) is 0 Å². The average molecular weight is 628 g/mol. The summed E-state index contributed by atoms with van der Waals surface area (Å²) in [6.45, 7) is 4.70. The third kappa shape index (κ3) is 6.54. The predicted molar refractivity (Wildman–Crippen MR) is 167 cm³/mol. The number of fused-ring (bicyclic) bond motifs is 1. The highest BCUT2D eigenvalue weighted by molar-refractivity contribution is 7.89. The van der Waals surface area contributed by atoms with E-state index in [1.807, 2.05) is 44.2 Å². The highest BCUT2D eigenvalue weighted by Crippen LogP contribution is 2.36. The van der Waals surface area contributed by atoms with Gasteiger partial charge in [-0.05, 0) is 48.6 Å². The number of anilines is 2. The highest BCUT2D eigenvalue weighted by Gasteiger charge is 2.45. The first kappa shape index (κ1) is 32.1. The Hall–Kier alpha value is -3.29. The van der Waals surface area contributed by atoms with Crippen LogP contribution in [0.5, 0.6) is 5.75 Å². The maximum Gasteiger partial charge on any atom is 0.253 e. The molecule has 5 atom stereocenters. The highest BCUT2D eigenvalue weighted by atomic mass is 32.2. The second-order valence-corrected chi connectivity index (χ2v) is 13.9. The van der Waals surface area contributed by atoms with Crippen LogP contribution in [0.2, 0.25) is 0 Å². The van der Waals surface area contributed by atoms with E-state index in [1.165, 1.54) is 23.5 Å². The quantitative estimate of drug-likeness (QED) is 0.256. The largest absolute Gasteiger partial charge is 0.497 e. The molecule has 0 bridgehead atoms. The molecule has 238 valence electrons. The molecule has 2 fully saturated rings. The van der Waals surface area contributed by atoms with E-state index in [0.29, 0.717) is 19.0 Å². The number of hydrogen-bond donors (Lipinski definition) is 2. The fraction of sp³-hybridized carbons (Fsp3) is 0.500. The minimum atomic E-state index is -3.98. The molecular weight excluding hydrogens is 586 g/mol. The van der Waals surface area contributed by atoms with Gasteiger partial charge in [-0.15, -0.1) is 0 Å². The summed E-state index contributed by atoms with van der Waals surface area (Å²) < 4.78 is 45.4. The van der Waals surface area contributed by atoms with E-state index >= 15 is 0 Å². The van der Waals surface area contributed by atoms with Crippen molar-refractivity contribution in [2.24, 2.45) is 11.8 Å². The summed E-state index contributed by atoms with van der Waals surface area (Å²) in [5.74, 6) is 0.581. The number of benzene rings is 2. The molecule has 0 amide bonds. The van der Waals surface area contributed by atoms with Crippen LogP contribution < -0.4 is 25.8 Å². The number of nitrogens with one attached hydrogen (secondary N) is 1. The van der Waals surface area contributed by atoms with Gasteiger partial charge in [0.25, 0.3) is 10.9 Å². The fourth-order valence-electron chi connectivity index (χ4n) is 6.10. The van der Waals surface area contributed by atoms with Gasteiger partial charge >= 0.3 is 0 Å². The fourth-order valence-corrected chi connectivity index (χ4v) is 7.73. The van der Waals surface area contributed by atoms with Crippen molar-refractivity contribution in [3.63, 3.8) is 0 Å². The molecule has 2 aliphatic heterocycles. The molecule has 3 aromatic carbocycles. The number of aliphatic hydroxyl groups excluding tert-OH is 1. The second-order valence-electron chi connectivity index (χ2n) is 12.0. The van der Waals surface area contributed by atoms with Crippen LogP contribution >= 0.6 is 0 Å². The van der Waals surface area contributed by atoms with E-state index in [1.54, 1.807) is 24.1 Å². The third-order valence-corrected chi connectivity index (χ3v) is 10.3. The van der Waals surface area contributed by atoms with Crippen LogP contribution in [0.15, 0.2) is 69.1 Å². The van der Waals surface area contributed by atoms with Crippen LogP contribution in [-0.2, 0) is 25.9 Å². The van der Waals surface area contributed by atoms with E-state index in [4.69, 9.17) is 14.2 Å². The summed E-state index contributed by atoms with van der Waals surface area (Å²) in [6, 6.07) is 14.6. The van der Waals surface area contributed by atoms with E-state index in [2.05, 4.69) is 5.32 Å². The lowest BCUT2D eigenvalue weighted by atomic mass is 9.97. The minimum Gasteiger partial charge on any atom is -0.497 e. The molecule has 2 aliphatic rings. The third-order valence-electron chi connectivity index (χ3n) is 8.49. The van der Waals surface area contributed by atoms with E-state index in [-0.39, 0.29) is 59.9 Å². The number of rotatable bonds is 14. The molecule has 2 N–H and O–H groups in total. The lowest BCUT2D eigenvalue weighted by Gasteiger charge is -2.34. The number of likely N-dealkylation sites (N-methyl/N-ethyl adjacent to an activating group) is 1. The van der Waals surface area contributed by atoms with Crippen LogP contribution in [0, 0.1) is 11.8 Å². The standard InChI is InChI=1S/C32H41N3O8S/c1-20(2)17-35(44(39,40)23-12-10-22(41-4)11-13-23)18-27(36)25(16-21-8-6-5-7-9-21)33-28-29(31(38)30(28)37)34(3)26-19-43-32-24(26)14-15-42-32/h5-13,20,24-27,32-33,36H,14-19H2,1-4H3/t24-,25-,26-,27+,32+/m0/s1. The Kier molecular flexibility index (Phi) is 9.76. The van der Waals surface area contributed by atoms with E-state index in [9.17, 15) is 23.1 Å². The lowest BCUT2D eigenvalue weighted by molar-refractivity contribution is -0.0905. The van der Waals surface area contributed by atoms with Crippen molar-refractivity contribution >= 4 is 21.4 Å². The molecule has 44 heavy (non-hydrogen) atoms. The molecule has 2 heterocycles. The molecule has 0 saturated carbocycles. The molecule has 5 rings (SSSR count). The predicted octanol–water partition coefficient (Wildman–Crippen LogP) is 2.22. The van der Waals surface area contributed by atoms with Crippen LogP contribution in [0.4, 0.5) is 11.4 Å². The van der Waals surface area contributed by atoms with Gasteiger partial charge < -0.3 is 29.5 Å². The van der Waals surface area contributed by atoms with Crippen molar-refractivity contribution < 1.29 is 27.7 Å². The second kappa shape index (κ2) is 13.4. The number of nitrogens with zero attached hydrogens (tertiary/aromatic N) is 2. The SMILES string of the molecule is COc1ccc(S(=O)(=O)N(CC(C)C)C[C@@H](O)[C@H](Cc2ccccc2)Nc2c(N(C)[C@H]3CO[C@H]4OCC[C@H]43)c(=O)c2=O)cc1. The van der Waals surface area contributed by atoms with Crippen molar-refractivity contribution in [1.82, 2.24) is 4.31 Å². The summed E-state index contributed by atoms with van der Waals surface area (Å²) in [5, 5.41) is 14.8. The summed E-state index contributed by atoms with van der Waals surface area (Å²) in [6.07, 6.45) is -0.473. The van der Waals surface area contributed by atoms with Gasteiger partial charge in [0.1, 0.15) is 17.1 Å². The van der Waals surface area contributed by atoms with Crippen LogP contribution in [0.25, 0.3) is 0 Å². The minimum absolute atomic E-state index is 0.0263. The van der Waals surface area contributed by atoms with Crippen molar-refractivity contribution in [3.8, 4) is 5.75 Å². The molecule has 0 aliphatic carbocycles. The zero-order valence-corrected chi connectivity index (χ0v) is 26.3. The molecule has 0 spiro atoms. The first-order valence-corrected chi connectivity index (χ1v) is 16.4. The molecule has 12 heteroatoms. The van der Waals surface area contributed by atoms with E-state index < -0.39 is 33.0 Å². The zero-order valence-electron chi connectivity index (χ0n) is 25.5. The molecule has 11 nitrogen and oxygen atoms in total. The van der Waals surface area contributed by atoms with Crippen LogP contribution in [-0.4, -0.2) is 82.8 Å². The Morgan fingerprint density at radius 1 is 1.02 bits per heavy atom. The average Bonchev–Trinajstić information content (AvgIpc) is 3.64.